The van der Waals surface area contributed by atoms with Crippen LogP contribution in [-0.4, -0.2) is 0 Å². The van der Waals surface area contributed by atoms with Gasteiger partial charge in [0.05, 0.1) is 0 Å². The molecule has 0 spiro atoms. The second kappa shape index (κ2) is 6.44. The van der Waals surface area contributed by atoms with Crippen LogP contribution in [0, 0.1) is 0 Å². The molecular formula is C12H11Br. The van der Waals surface area contributed by atoms with Crippen molar-refractivity contribution in [3.05, 3.63) is 71.3 Å². The lowest BCUT2D eigenvalue weighted by atomic mass is 10.3. The van der Waals surface area contributed by atoms with Crippen LogP contribution in [-0.2, 0) is 0 Å². The van der Waals surface area contributed by atoms with Gasteiger partial charge in [0, 0.05) is 4.48 Å². The Bertz CT molecular complexity index is 312. The molecule has 0 aromatic heterocycles. The maximum atomic E-state index is 3.43. The summed E-state index contributed by atoms with van der Waals surface area (Å²) in [6, 6.07) is 0. The first-order valence-electron chi connectivity index (χ1n) is 4.10. The molecule has 0 saturated heterocycles. The summed E-state index contributed by atoms with van der Waals surface area (Å²) in [6.45, 7) is 0. The van der Waals surface area contributed by atoms with Crippen molar-refractivity contribution in [2.45, 2.75) is 0 Å². The van der Waals surface area contributed by atoms with Crippen molar-refractivity contribution in [2.75, 3.05) is 0 Å². The number of halogens is 1. The molecule has 0 nitrogen and oxygen atoms in total. The molecule has 0 atom stereocenters. The predicted molar refractivity (Wildman–Crippen MR) is 62.7 cm³/mol. The maximum absolute atomic E-state index is 3.43. The zero-order chi connectivity index (χ0) is 9.36. The number of hydrogen-bond donors (Lipinski definition) is 0. The van der Waals surface area contributed by atoms with E-state index in [1.165, 1.54) is 0 Å². The Morgan fingerprint density at radius 1 is 0.615 bits per heavy atom. The Labute approximate surface area is 87.5 Å². The summed E-state index contributed by atoms with van der Waals surface area (Å²) in [5.74, 6) is 0. The molecule has 0 aliphatic heterocycles. The van der Waals surface area contributed by atoms with Gasteiger partial charge in [-0.3, -0.25) is 0 Å². The van der Waals surface area contributed by atoms with Crippen LogP contribution in [0.4, 0.5) is 0 Å². The van der Waals surface area contributed by atoms with E-state index < -0.39 is 0 Å². The molecule has 1 aliphatic rings. The lowest BCUT2D eigenvalue weighted by Crippen LogP contribution is -1.61. The SMILES string of the molecule is BrC1=C/C=C\C=C/C=C\C=C/C=C\1. The van der Waals surface area contributed by atoms with E-state index in [9.17, 15) is 0 Å². The van der Waals surface area contributed by atoms with Gasteiger partial charge in [-0.15, -0.1) is 0 Å². The number of allylic oxidation sites excluding steroid dienone is 12. The average Bonchev–Trinajstić information content (AvgIpc) is 2.11. The molecule has 1 rings (SSSR count). The summed E-state index contributed by atoms with van der Waals surface area (Å²) in [6.07, 6.45) is 21.9. The second-order valence-electron chi connectivity index (χ2n) is 2.45. The molecule has 0 heterocycles. The zero-order valence-corrected chi connectivity index (χ0v) is 8.81. The molecule has 0 bridgehead atoms. The van der Waals surface area contributed by atoms with Crippen molar-refractivity contribution in [1.82, 2.24) is 0 Å². The molecule has 13 heavy (non-hydrogen) atoms. The molecule has 0 amide bonds. The van der Waals surface area contributed by atoms with Gasteiger partial charge >= 0.3 is 0 Å². The highest BCUT2D eigenvalue weighted by Crippen LogP contribution is 2.06. The van der Waals surface area contributed by atoms with Gasteiger partial charge in [-0.1, -0.05) is 70.6 Å². The lowest BCUT2D eigenvalue weighted by molar-refractivity contribution is 1.79. The van der Waals surface area contributed by atoms with Crippen molar-refractivity contribution in [3.8, 4) is 0 Å². The molecule has 0 radical (unpaired) electrons. The van der Waals surface area contributed by atoms with Crippen molar-refractivity contribution in [2.24, 2.45) is 0 Å². The maximum Gasteiger partial charge on any atom is 0.0175 e. The van der Waals surface area contributed by atoms with Crippen LogP contribution in [0.25, 0.3) is 0 Å². The van der Waals surface area contributed by atoms with E-state index in [0.29, 0.717) is 0 Å². The third-order valence-electron chi connectivity index (χ3n) is 1.40. The summed E-state index contributed by atoms with van der Waals surface area (Å²) in [7, 11) is 0. The van der Waals surface area contributed by atoms with Crippen LogP contribution < -0.4 is 0 Å². The Kier molecular flexibility index (Phi) is 4.95. The van der Waals surface area contributed by atoms with Gasteiger partial charge in [0.15, 0.2) is 0 Å². The van der Waals surface area contributed by atoms with Gasteiger partial charge in [-0.25, -0.2) is 0 Å². The summed E-state index contributed by atoms with van der Waals surface area (Å²) in [5.41, 5.74) is 0. The van der Waals surface area contributed by atoms with Crippen LogP contribution >= 0.6 is 15.9 Å². The van der Waals surface area contributed by atoms with Crippen molar-refractivity contribution >= 4 is 15.9 Å². The van der Waals surface area contributed by atoms with E-state index in [1.54, 1.807) is 0 Å². The molecule has 0 aromatic rings. The molecule has 0 saturated carbocycles. The van der Waals surface area contributed by atoms with E-state index in [1.807, 2.05) is 66.8 Å². The first kappa shape index (κ1) is 10.0. The van der Waals surface area contributed by atoms with Gasteiger partial charge in [-0.05, 0) is 12.2 Å². The van der Waals surface area contributed by atoms with Crippen LogP contribution in [0.3, 0.4) is 0 Å². The van der Waals surface area contributed by atoms with Crippen molar-refractivity contribution in [1.29, 1.82) is 0 Å². The van der Waals surface area contributed by atoms with Gasteiger partial charge in [0.2, 0.25) is 0 Å². The second-order valence-corrected chi connectivity index (χ2v) is 3.37. The highest BCUT2D eigenvalue weighted by molar-refractivity contribution is 9.11. The molecule has 0 unspecified atom stereocenters. The van der Waals surface area contributed by atoms with Crippen LogP contribution in [0.1, 0.15) is 0 Å². The van der Waals surface area contributed by atoms with Gasteiger partial charge in [0.1, 0.15) is 0 Å². The Morgan fingerprint density at radius 2 is 1.08 bits per heavy atom. The first-order valence-corrected chi connectivity index (χ1v) is 4.89. The van der Waals surface area contributed by atoms with E-state index in [2.05, 4.69) is 15.9 Å². The fourth-order valence-corrected chi connectivity index (χ4v) is 1.10. The molecule has 0 aromatic carbocycles. The van der Waals surface area contributed by atoms with Crippen LogP contribution in [0.5, 0.6) is 0 Å². The Hall–Kier alpha value is -1.08. The fraction of sp³-hybridized carbons (Fsp3) is 0. The molecule has 1 heteroatoms. The smallest absolute Gasteiger partial charge is 0.0175 e. The zero-order valence-electron chi connectivity index (χ0n) is 7.23. The highest BCUT2D eigenvalue weighted by atomic mass is 79.9. The minimum Gasteiger partial charge on any atom is -0.0623 e. The van der Waals surface area contributed by atoms with E-state index >= 15 is 0 Å². The monoisotopic (exact) mass is 234 g/mol. The summed E-state index contributed by atoms with van der Waals surface area (Å²) >= 11 is 3.43. The fourth-order valence-electron chi connectivity index (χ4n) is 0.800. The number of hydrogen-bond acceptors (Lipinski definition) is 0. The quantitative estimate of drug-likeness (QED) is 0.593. The third kappa shape index (κ3) is 5.21. The summed E-state index contributed by atoms with van der Waals surface area (Å²) in [5, 5.41) is 0. The Morgan fingerprint density at radius 3 is 1.69 bits per heavy atom. The van der Waals surface area contributed by atoms with E-state index in [-0.39, 0.29) is 0 Å². The van der Waals surface area contributed by atoms with Crippen LogP contribution in [0.2, 0.25) is 0 Å². The van der Waals surface area contributed by atoms with Gasteiger partial charge < -0.3 is 0 Å². The average molecular weight is 235 g/mol. The van der Waals surface area contributed by atoms with Crippen molar-refractivity contribution in [3.63, 3.8) is 0 Å². The minimum atomic E-state index is 1.06. The van der Waals surface area contributed by atoms with E-state index in [4.69, 9.17) is 0 Å². The normalized spacial score (nSPS) is 32.8. The summed E-state index contributed by atoms with van der Waals surface area (Å²) in [4.78, 5) is 0. The molecule has 66 valence electrons. The van der Waals surface area contributed by atoms with Gasteiger partial charge in [-0.2, -0.15) is 0 Å². The van der Waals surface area contributed by atoms with Crippen LogP contribution in [0.15, 0.2) is 71.3 Å². The predicted octanol–water partition coefficient (Wildman–Crippen LogP) is 4.06. The molecular weight excluding hydrogens is 224 g/mol. The number of rotatable bonds is 0. The molecule has 0 N–H and O–H groups in total. The first-order chi connectivity index (χ1) is 6.39. The largest absolute Gasteiger partial charge is 0.0623 e. The van der Waals surface area contributed by atoms with Crippen molar-refractivity contribution < 1.29 is 0 Å². The molecule has 0 fully saturated rings. The standard InChI is InChI=1S/C12H11Br/c13-12-10-8-6-4-2-1-3-5-7-9-11-12/h1-11H/b2-1-,3-1?,4-2?,5-3-,6-4-,7-5?,8-6?,9-7-,10-8-,11-9?,12-10?,12-11+. The third-order valence-corrected chi connectivity index (χ3v) is 1.93. The Balaban J connectivity index is 2.78. The van der Waals surface area contributed by atoms with Gasteiger partial charge in [0.25, 0.3) is 0 Å². The minimum absolute atomic E-state index is 1.06. The summed E-state index contributed by atoms with van der Waals surface area (Å²) < 4.78 is 1.06. The lowest BCUT2D eigenvalue weighted by Gasteiger charge is -1.84. The van der Waals surface area contributed by atoms with E-state index in [0.717, 1.165) is 4.48 Å². The topological polar surface area (TPSA) is 0 Å². The highest BCUT2D eigenvalue weighted by Gasteiger charge is 1.78. The molecule has 1 aliphatic carbocycles.